The van der Waals surface area contributed by atoms with Crippen LogP contribution in [-0.2, 0) is 20.0 Å². The molecule has 28 heavy (non-hydrogen) atoms. The third-order valence-corrected chi connectivity index (χ3v) is 6.50. The summed E-state index contributed by atoms with van der Waals surface area (Å²) in [7, 11) is -3.25. The monoisotopic (exact) mass is 418 g/mol. The first kappa shape index (κ1) is 19.1. The molecule has 1 aromatic heterocycles. The van der Waals surface area contributed by atoms with Crippen molar-refractivity contribution < 1.29 is 17.7 Å². The van der Waals surface area contributed by atoms with Crippen molar-refractivity contribution in [3.05, 3.63) is 65.0 Å². The van der Waals surface area contributed by atoms with Crippen LogP contribution in [-0.4, -0.2) is 38.0 Å². The Balaban J connectivity index is 1.72. The van der Waals surface area contributed by atoms with Crippen molar-refractivity contribution >= 4 is 21.4 Å². The van der Waals surface area contributed by atoms with E-state index in [2.05, 4.69) is 10.1 Å². The van der Waals surface area contributed by atoms with Gasteiger partial charge in [-0.05, 0) is 54.8 Å². The van der Waals surface area contributed by atoms with Crippen LogP contribution < -0.4 is 0 Å². The van der Waals surface area contributed by atoms with E-state index in [0.717, 1.165) is 18.4 Å². The molecule has 1 saturated heterocycles. The van der Waals surface area contributed by atoms with Crippen molar-refractivity contribution in [2.24, 2.45) is 0 Å². The SMILES string of the molecule is CS(=O)(=O)c1ccc(-c2noc(C3(c4ccc(Cl)cc4)CCOCC3)n2)cc1. The number of halogens is 1. The molecule has 0 radical (unpaired) electrons. The lowest BCUT2D eigenvalue weighted by molar-refractivity contribution is 0.0523. The summed E-state index contributed by atoms with van der Waals surface area (Å²) in [5.41, 5.74) is 1.32. The van der Waals surface area contributed by atoms with Crippen LogP contribution in [0.15, 0.2) is 57.9 Å². The van der Waals surface area contributed by atoms with Gasteiger partial charge in [0, 0.05) is 30.1 Å². The predicted molar refractivity (Wildman–Crippen MR) is 105 cm³/mol. The highest BCUT2D eigenvalue weighted by molar-refractivity contribution is 7.90. The van der Waals surface area contributed by atoms with Crippen LogP contribution in [0.2, 0.25) is 5.02 Å². The average molecular weight is 419 g/mol. The molecule has 1 aliphatic rings. The van der Waals surface area contributed by atoms with E-state index in [1.807, 2.05) is 24.3 Å². The van der Waals surface area contributed by atoms with Crippen molar-refractivity contribution in [3.8, 4) is 11.4 Å². The Kier molecular flexibility index (Phi) is 4.99. The minimum absolute atomic E-state index is 0.252. The van der Waals surface area contributed by atoms with E-state index in [4.69, 9.17) is 20.9 Å². The molecular formula is C20H19ClN2O4S. The molecule has 3 aromatic rings. The average Bonchev–Trinajstić information content (AvgIpc) is 3.19. The van der Waals surface area contributed by atoms with Gasteiger partial charge in [0.25, 0.3) is 0 Å². The Bertz CT molecular complexity index is 1070. The largest absolute Gasteiger partial charge is 0.381 e. The maximum Gasteiger partial charge on any atom is 0.237 e. The molecule has 0 aliphatic carbocycles. The summed E-state index contributed by atoms with van der Waals surface area (Å²) >= 11 is 6.05. The molecule has 2 heterocycles. The Morgan fingerprint density at radius 2 is 1.64 bits per heavy atom. The maximum atomic E-state index is 11.6. The van der Waals surface area contributed by atoms with E-state index in [0.29, 0.717) is 35.5 Å². The zero-order valence-electron chi connectivity index (χ0n) is 15.3. The lowest BCUT2D eigenvalue weighted by atomic mass is 9.74. The van der Waals surface area contributed by atoms with Crippen LogP contribution in [0.1, 0.15) is 24.3 Å². The van der Waals surface area contributed by atoms with Crippen LogP contribution in [0.3, 0.4) is 0 Å². The third-order valence-electron chi connectivity index (χ3n) is 5.12. The molecule has 2 aromatic carbocycles. The van der Waals surface area contributed by atoms with Gasteiger partial charge in [-0.25, -0.2) is 8.42 Å². The van der Waals surface area contributed by atoms with Gasteiger partial charge in [0.05, 0.1) is 10.3 Å². The first-order valence-electron chi connectivity index (χ1n) is 8.87. The number of hydrogen-bond donors (Lipinski definition) is 0. The summed E-state index contributed by atoms with van der Waals surface area (Å²) < 4.78 is 34.5. The van der Waals surface area contributed by atoms with Gasteiger partial charge in [-0.1, -0.05) is 28.9 Å². The minimum Gasteiger partial charge on any atom is -0.381 e. The summed E-state index contributed by atoms with van der Waals surface area (Å²) in [5.74, 6) is 0.954. The normalized spacial score (nSPS) is 16.8. The van der Waals surface area contributed by atoms with Gasteiger partial charge in [-0.2, -0.15) is 4.98 Å². The minimum atomic E-state index is -3.25. The molecule has 146 valence electrons. The van der Waals surface area contributed by atoms with E-state index in [-0.39, 0.29) is 4.90 Å². The van der Waals surface area contributed by atoms with Crippen LogP contribution in [0, 0.1) is 0 Å². The summed E-state index contributed by atoms with van der Waals surface area (Å²) in [4.78, 5) is 4.90. The van der Waals surface area contributed by atoms with Gasteiger partial charge in [-0.3, -0.25) is 0 Å². The van der Waals surface area contributed by atoms with Crippen LogP contribution in [0.5, 0.6) is 0 Å². The molecule has 0 atom stereocenters. The molecule has 4 rings (SSSR count). The second-order valence-corrected chi connectivity index (χ2v) is 9.37. The van der Waals surface area contributed by atoms with Crippen LogP contribution in [0.25, 0.3) is 11.4 Å². The quantitative estimate of drug-likeness (QED) is 0.639. The highest BCUT2D eigenvalue weighted by atomic mass is 35.5. The highest BCUT2D eigenvalue weighted by Gasteiger charge is 2.41. The smallest absolute Gasteiger partial charge is 0.237 e. The Labute approximate surface area is 168 Å². The van der Waals surface area contributed by atoms with Gasteiger partial charge >= 0.3 is 0 Å². The van der Waals surface area contributed by atoms with E-state index in [1.165, 1.54) is 6.26 Å². The fourth-order valence-electron chi connectivity index (χ4n) is 3.50. The first-order valence-corrected chi connectivity index (χ1v) is 11.1. The molecule has 8 heteroatoms. The second-order valence-electron chi connectivity index (χ2n) is 6.92. The number of ether oxygens (including phenoxy) is 1. The molecule has 0 amide bonds. The molecule has 0 bridgehead atoms. The first-order chi connectivity index (χ1) is 13.4. The summed E-state index contributed by atoms with van der Waals surface area (Å²) in [6, 6.07) is 14.1. The summed E-state index contributed by atoms with van der Waals surface area (Å²) in [6.45, 7) is 1.20. The zero-order chi connectivity index (χ0) is 19.8. The fraction of sp³-hybridized carbons (Fsp3) is 0.300. The van der Waals surface area contributed by atoms with E-state index < -0.39 is 15.3 Å². The van der Waals surface area contributed by atoms with Crippen molar-refractivity contribution in [1.29, 1.82) is 0 Å². The number of nitrogens with zero attached hydrogens (tertiary/aromatic N) is 2. The molecule has 0 unspecified atom stereocenters. The van der Waals surface area contributed by atoms with E-state index >= 15 is 0 Å². The Morgan fingerprint density at radius 1 is 1.00 bits per heavy atom. The van der Waals surface area contributed by atoms with E-state index in [1.54, 1.807) is 24.3 Å². The molecule has 6 nitrogen and oxygen atoms in total. The maximum absolute atomic E-state index is 11.6. The molecule has 0 N–H and O–H groups in total. The summed E-state index contributed by atoms with van der Waals surface area (Å²) in [6.07, 6.45) is 2.63. The standard InChI is InChI=1S/C20H19ClN2O4S/c1-28(24,25)17-8-2-14(3-9-17)18-22-19(27-23-18)20(10-12-26-13-11-20)15-4-6-16(21)7-5-15/h2-9H,10-13H2,1H3. The van der Waals surface area contributed by atoms with Crippen molar-refractivity contribution in [2.45, 2.75) is 23.2 Å². The van der Waals surface area contributed by atoms with Gasteiger partial charge in [0.15, 0.2) is 9.84 Å². The Hall–Kier alpha value is -2.22. The number of rotatable bonds is 4. The molecule has 1 fully saturated rings. The third kappa shape index (κ3) is 3.57. The van der Waals surface area contributed by atoms with Gasteiger partial charge in [-0.15, -0.1) is 0 Å². The van der Waals surface area contributed by atoms with Crippen LogP contribution in [0.4, 0.5) is 0 Å². The number of aromatic nitrogens is 2. The number of benzene rings is 2. The highest BCUT2D eigenvalue weighted by Crippen LogP contribution is 2.41. The lowest BCUT2D eigenvalue weighted by Crippen LogP contribution is -2.35. The van der Waals surface area contributed by atoms with Crippen molar-refractivity contribution in [1.82, 2.24) is 10.1 Å². The molecular weight excluding hydrogens is 400 g/mol. The zero-order valence-corrected chi connectivity index (χ0v) is 16.8. The number of sulfone groups is 1. The molecule has 0 spiro atoms. The lowest BCUT2D eigenvalue weighted by Gasteiger charge is -2.34. The fourth-order valence-corrected chi connectivity index (χ4v) is 4.26. The van der Waals surface area contributed by atoms with E-state index in [9.17, 15) is 8.42 Å². The molecule has 0 saturated carbocycles. The predicted octanol–water partition coefficient (Wildman–Crippen LogP) is 3.89. The van der Waals surface area contributed by atoms with Crippen molar-refractivity contribution in [2.75, 3.05) is 19.5 Å². The molecule has 1 aliphatic heterocycles. The van der Waals surface area contributed by atoms with Gasteiger partial charge in [0.2, 0.25) is 11.7 Å². The second kappa shape index (κ2) is 7.31. The van der Waals surface area contributed by atoms with Crippen molar-refractivity contribution in [3.63, 3.8) is 0 Å². The van der Waals surface area contributed by atoms with Gasteiger partial charge in [0.1, 0.15) is 0 Å². The number of hydrogen-bond acceptors (Lipinski definition) is 6. The van der Waals surface area contributed by atoms with Crippen LogP contribution >= 0.6 is 11.6 Å². The Morgan fingerprint density at radius 3 is 2.25 bits per heavy atom. The summed E-state index contributed by atoms with van der Waals surface area (Å²) in [5, 5.41) is 4.81. The van der Waals surface area contributed by atoms with Gasteiger partial charge < -0.3 is 9.26 Å². The topological polar surface area (TPSA) is 82.3 Å².